The van der Waals surface area contributed by atoms with E-state index in [0.29, 0.717) is 100 Å². The molecule has 10 heteroatoms. The molecule has 0 fully saturated rings. The van der Waals surface area contributed by atoms with Crippen LogP contribution < -0.4 is 9.47 Å². The van der Waals surface area contributed by atoms with Gasteiger partial charge in [-0.2, -0.15) is 0 Å². The molecule has 40 heavy (non-hydrogen) atoms. The van der Waals surface area contributed by atoms with Gasteiger partial charge in [0.2, 0.25) is 0 Å². The van der Waals surface area contributed by atoms with Crippen LogP contribution in [-0.4, -0.2) is 40.7 Å². The molecule has 1 heterocycles. The van der Waals surface area contributed by atoms with Crippen LogP contribution in [0, 0.1) is 0 Å². The Hall–Kier alpha value is -3.00. The number of ether oxygens (including phenoxy) is 2. The number of carboxylic acid groups (broad SMARTS) is 1. The van der Waals surface area contributed by atoms with Crippen molar-refractivity contribution in [3.63, 3.8) is 0 Å². The number of carbonyl (C=O) groups excluding carboxylic acids is 2. The lowest BCUT2D eigenvalue weighted by atomic mass is 9.71. The number of ketones is 2. The minimum Gasteiger partial charge on any atom is -0.490 e. The van der Waals surface area contributed by atoms with Crippen LogP contribution in [0.15, 0.2) is 52.9 Å². The molecule has 3 aliphatic rings. The Morgan fingerprint density at radius 3 is 2.15 bits per heavy atom. The van der Waals surface area contributed by atoms with Gasteiger partial charge >= 0.3 is 5.97 Å². The summed E-state index contributed by atoms with van der Waals surface area (Å²) in [5, 5.41) is 10.9. The van der Waals surface area contributed by atoms with Crippen LogP contribution in [0.3, 0.4) is 0 Å². The Morgan fingerprint density at radius 2 is 1.57 bits per heavy atom. The summed E-state index contributed by atoms with van der Waals surface area (Å²) in [5.41, 5.74) is 3.66. The molecule has 5 rings (SSSR count). The maximum Gasteiger partial charge on any atom is 0.323 e. The predicted octanol–water partition coefficient (Wildman–Crippen LogP) is 7.12. The minimum absolute atomic E-state index is 0.0849. The lowest BCUT2D eigenvalue weighted by molar-refractivity contribution is -0.138. The number of carboxylic acids is 1. The van der Waals surface area contributed by atoms with Gasteiger partial charge in [-0.15, -0.1) is 0 Å². The maximum atomic E-state index is 13.4. The Balaban J connectivity index is 1.61. The zero-order valence-electron chi connectivity index (χ0n) is 21.9. The van der Waals surface area contributed by atoms with Gasteiger partial charge in [-0.25, -0.2) is 0 Å². The quantitative estimate of drug-likeness (QED) is 0.343. The highest BCUT2D eigenvalue weighted by Crippen LogP contribution is 2.51. The van der Waals surface area contributed by atoms with Gasteiger partial charge in [0.15, 0.2) is 23.1 Å². The van der Waals surface area contributed by atoms with Crippen LogP contribution >= 0.6 is 34.8 Å². The predicted molar refractivity (Wildman–Crippen MR) is 152 cm³/mol. The van der Waals surface area contributed by atoms with Gasteiger partial charge < -0.3 is 19.5 Å². The number of aliphatic carboxylic acids is 1. The standard InChI is InChI=1S/C30H28Cl3NO6/c1-2-39-25-12-17(11-20(33)30(25)40-15-16-9-10-18(31)13-19(16)32)27-28-21(5-3-7-23(28)35)34(14-26(37)38)22-6-4-8-24(36)29(22)27/h9-13,27H,2-8,14-15H2,1H3,(H,37,38). The molecular weight excluding hydrogens is 577 g/mol. The number of hydrogen-bond donors (Lipinski definition) is 1. The normalized spacial score (nSPS) is 17.6. The highest BCUT2D eigenvalue weighted by atomic mass is 35.5. The molecule has 1 N–H and O–H groups in total. The zero-order valence-corrected chi connectivity index (χ0v) is 24.2. The van der Waals surface area contributed by atoms with Gasteiger partial charge in [0.05, 0.1) is 11.6 Å². The van der Waals surface area contributed by atoms with Crippen LogP contribution in [0.2, 0.25) is 15.1 Å². The van der Waals surface area contributed by atoms with E-state index in [1.807, 2.05) is 6.92 Å². The fourth-order valence-corrected chi connectivity index (χ4v) is 6.56. The Labute approximate surface area is 247 Å². The average Bonchev–Trinajstić information content (AvgIpc) is 2.90. The SMILES string of the molecule is CCOc1cc(C2C3=C(CCCC3=O)N(CC(=O)O)C3=C2C(=O)CCC3)cc(Cl)c1OCc1ccc(Cl)cc1Cl. The lowest BCUT2D eigenvalue weighted by Gasteiger charge is -2.43. The van der Waals surface area contributed by atoms with Crippen LogP contribution in [0.25, 0.3) is 0 Å². The number of halogens is 3. The molecule has 0 radical (unpaired) electrons. The van der Waals surface area contributed by atoms with Crippen molar-refractivity contribution in [1.82, 2.24) is 4.90 Å². The van der Waals surface area contributed by atoms with Crippen LogP contribution in [-0.2, 0) is 21.0 Å². The van der Waals surface area contributed by atoms with E-state index in [0.717, 1.165) is 0 Å². The number of nitrogens with zero attached hydrogens (tertiary/aromatic N) is 1. The van der Waals surface area contributed by atoms with Gasteiger partial charge in [0.25, 0.3) is 0 Å². The van der Waals surface area contributed by atoms with Gasteiger partial charge in [-0.05, 0) is 62.4 Å². The van der Waals surface area contributed by atoms with E-state index in [-0.39, 0.29) is 29.7 Å². The first-order valence-corrected chi connectivity index (χ1v) is 14.4. The minimum atomic E-state index is -1.02. The summed E-state index contributed by atoms with van der Waals surface area (Å²) in [7, 11) is 0. The topological polar surface area (TPSA) is 93.1 Å². The molecule has 0 spiro atoms. The molecule has 2 aromatic rings. The molecule has 0 bridgehead atoms. The van der Waals surface area contributed by atoms with E-state index in [9.17, 15) is 19.5 Å². The van der Waals surface area contributed by atoms with E-state index in [1.165, 1.54) is 0 Å². The summed E-state index contributed by atoms with van der Waals surface area (Å²) in [4.78, 5) is 40.4. The smallest absolute Gasteiger partial charge is 0.323 e. The van der Waals surface area contributed by atoms with E-state index in [2.05, 4.69) is 0 Å². The molecule has 210 valence electrons. The average molecular weight is 605 g/mol. The number of carbonyl (C=O) groups is 3. The van der Waals surface area contributed by atoms with Crippen LogP contribution in [0.5, 0.6) is 11.5 Å². The summed E-state index contributed by atoms with van der Waals surface area (Å²) in [6.07, 6.45) is 3.05. The Morgan fingerprint density at radius 1 is 0.925 bits per heavy atom. The van der Waals surface area contributed by atoms with E-state index < -0.39 is 11.9 Å². The third-order valence-corrected chi connectivity index (χ3v) is 8.30. The van der Waals surface area contributed by atoms with Crippen molar-refractivity contribution in [1.29, 1.82) is 0 Å². The van der Waals surface area contributed by atoms with Crippen molar-refractivity contribution in [3.05, 3.63) is 79.1 Å². The second kappa shape index (κ2) is 11.9. The van der Waals surface area contributed by atoms with Crippen molar-refractivity contribution in [2.45, 2.75) is 58.0 Å². The highest BCUT2D eigenvalue weighted by molar-refractivity contribution is 6.35. The molecule has 0 atom stereocenters. The third kappa shape index (κ3) is 5.47. The van der Waals surface area contributed by atoms with Crippen molar-refractivity contribution < 1.29 is 29.0 Å². The molecular formula is C30H28Cl3NO6. The number of rotatable bonds is 8. The van der Waals surface area contributed by atoms with Crippen LogP contribution in [0.1, 0.15) is 62.5 Å². The molecule has 2 aliphatic carbocycles. The molecule has 2 aromatic carbocycles. The second-order valence-corrected chi connectivity index (χ2v) is 11.2. The van der Waals surface area contributed by atoms with Crippen molar-refractivity contribution in [3.8, 4) is 11.5 Å². The number of benzene rings is 2. The van der Waals surface area contributed by atoms with Crippen molar-refractivity contribution in [2.75, 3.05) is 13.2 Å². The van der Waals surface area contributed by atoms with Crippen molar-refractivity contribution in [2.24, 2.45) is 0 Å². The Bertz CT molecular complexity index is 1420. The van der Waals surface area contributed by atoms with E-state index in [1.54, 1.807) is 35.2 Å². The lowest BCUT2D eigenvalue weighted by Crippen LogP contribution is -2.41. The van der Waals surface area contributed by atoms with Crippen molar-refractivity contribution >= 4 is 52.3 Å². The number of Topliss-reactive ketones (excluding diaryl/α,β-unsaturated/α-hetero) is 2. The molecule has 7 nitrogen and oxygen atoms in total. The monoisotopic (exact) mass is 603 g/mol. The maximum absolute atomic E-state index is 13.4. The molecule has 0 saturated heterocycles. The molecule has 0 amide bonds. The second-order valence-electron chi connectivity index (χ2n) is 9.97. The highest BCUT2D eigenvalue weighted by Gasteiger charge is 2.44. The first-order valence-electron chi connectivity index (χ1n) is 13.2. The van der Waals surface area contributed by atoms with E-state index >= 15 is 0 Å². The number of hydrogen-bond acceptors (Lipinski definition) is 6. The number of allylic oxidation sites excluding steroid dienone is 4. The summed E-state index contributed by atoms with van der Waals surface area (Å²) >= 11 is 19.1. The summed E-state index contributed by atoms with van der Waals surface area (Å²) in [5.74, 6) is -1.16. The zero-order chi connectivity index (χ0) is 28.6. The first-order chi connectivity index (χ1) is 19.2. The van der Waals surface area contributed by atoms with Gasteiger partial charge in [-0.3, -0.25) is 14.4 Å². The fourth-order valence-electron chi connectivity index (χ4n) is 5.82. The Kier molecular flexibility index (Phi) is 8.45. The third-order valence-electron chi connectivity index (χ3n) is 7.43. The van der Waals surface area contributed by atoms with Gasteiger partial charge in [0.1, 0.15) is 13.2 Å². The summed E-state index contributed by atoms with van der Waals surface area (Å²) < 4.78 is 12.0. The molecule has 1 aliphatic heterocycles. The summed E-state index contributed by atoms with van der Waals surface area (Å²) in [6.45, 7) is 1.98. The fraction of sp³-hybridized carbons (Fsp3) is 0.367. The molecule has 0 unspecified atom stereocenters. The first kappa shape index (κ1) is 28.5. The molecule has 0 saturated carbocycles. The largest absolute Gasteiger partial charge is 0.490 e. The van der Waals surface area contributed by atoms with Crippen LogP contribution in [0.4, 0.5) is 0 Å². The van der Waals surface area contributed by atoms with Gasteiger partial charge in [0, 0.05) is 56.9 Å². The summed E-state index contributed by atoms with van der Waals surface area (Å²) in [6, 6.07) is 8.59. The van der Waals surface area contributed by atoms with Gasteiger partial charge in [-0.1, -0.05) is 40.9 Å². The van der Waals surface area contributed by atoms with E-state index in [4.69, 9.17) is 44.3 Å². The molecule has 0 aromatic heterocycles.